The summed E-state index contributed by atoms with van der Waals surface area (Å²) in [6.45, 7) is 2.87. The summed E-state index contributed by atoms with van der Waals surface area (Å²) >= 11 is 6.40. The molecule has 0 saturated carbocycles. The van der Waals surface area contributed by atoms with Gasteiger partial charge in [0.25, 0.3) is 0 Å². The average molecular weight is 276 g/mol. The fourth-order valence-corrected chi connectivity index (χ4v) is 2.43. The monoisotopic (exact) mass is 275 g/mol. The minimum absolute atomic E-state index is 0.747. The van der Waals surface area contributed by atoms with Gasteiger partial charge in [-0.15, -0.1) is 0 Å². The minimum atomic E-state index is 0.747. The molecule has 0 aliphatic heterocycles. The molecule has 0 aliphatic carbocycles. The Kier molecular flexibility index (Phi) is 4.46. The number of aryl methyl sites for hydroxylation is 1. The molecule has 0 heterocycles. The van der Waals surface area contributed by atoms with Gasteiger partial charge < -0.3 is 10.1 Å². The SMILES string of the molecule is CNCc1ccc(-c2cc(C)ccc2OC)c(Cl)c1. The molecule has 0 atom stereocenters. The van der Waals surface area contributed by atoms with Crippen molar-refractivity contribution in [2.45, 2.75) is 13.5 Å². The lowest BCUT2D eigenvalue weighted by molar-refractivity contribution is 0.416. The van der Waals surface area contributed by atoms with E-state index in [1.807, 2.05) is 31.3 Å². The molecule has 0 unspecified atom stereocenters. The molecule has 2 aromatic rings. The van der Waals surface area contributed by atoms with E-state index in [0.29, 0.717) is 0 Å². The van der Waals surface area contributed by atoms with E-state index in [-0.39, 0.29) is 0 Å². The van der Waals surface area contributed by atoms with Crippen LogP contribution in [0.2, 0.25) is 5.02 Å². The molecule has 2 rings (SSSR count). The zero-order valence-electron chi connectivity index (χ0n) is 11.5. The van der Waals surface area contributed by atoms with Crippen molar-refractivity contribution in [1.29, 1.82) is 0 Å². The molecule has 19 heavy (non-hydrogen) atoms. The maximum atomic E-state index is 6.40. The second-order valence-electron chi connectivity index (χ2n) is 4.55. The first-order chi connectivity index (χ1) is 9.15. The van der Waals surface area contributed by atoms with Crippen LogP contribution in [0.4, 0.5) is 0 Å². The van der Waals surface area contributed by atoms with Crippen LogP contribution in [0.5, 0.6) is 5.75 Å². The summed E-state index contributed by atoms with van der Waals surface area (Å²) in [5, 5.41) is 3.87. The van der Waals surface area contributed by atoms with E-state index in [1.54, 1.807) is 7.11 Å². The van der Waals surface area contributed by atoms with Crippen LogP contribution in [0.3, 0.4) is 0 Å². The van der Waals surface area contributed by atoms with E-state index >= 15 is 0 Å². The standard InChI is InChI=1S/C16H18ClNO/c1-11-4-7-16(19-3)14(8-11)13-6-5-12(10-18-2)9-15(13)17/h4-9,18H,10H2,1-3H3. The third kappa shape index (κ3) is 3.09. The summed E-state index contributed by atoms with van der Waals surface area (Å²) in [5.74, 6) is 0.842. The summed E-state index contributed by atoms with van der Waals surface area (Å²) in [7, 11) is 3.60. The van der Waals surface area contributed by atoms with Crippen molar-refractivity contribution in [3.05, 3.63) is 52.5 Å². The Hall–Kier alpha value is -1.51. The number of hydrogen-bond donors (Lipinski definition) is 1. The largest absolute Gasteiger partial charge is 0.496 e. The van der Waals surface area contributed by atoms with Crippen LogP contribution in [0, 0.1) is 6.92 Å². The first-order valence-electron chi connectivity index (χ1n) is 6.23. The van der Waals surface area contributed by atoms with Crippen LogP contribution in [0.1, 0.15) is 11.1 Å². The summed E-state index contributed by atoms with van der Waals surface area (Å²) in [6.07, 6.45) is 0. The molecule has 0 spiro atoms. The fourth-order valence-electron chi connectivity index (χ4n) is 2.12. The molecule has 0 amide bonds. The van der Waals surface area contributed by atoms with Gasteiger partial charge in [-0.1, -0.05) is 35.4 Å². The number of methoxy groups -OCH3 is 1. The molecule has 0 aliphatic rings. The minimum Gasteiger partial charge on any atom is -0.496 e. The van der Waals surface area contributed by atoms with E-state index < -0.39 is 0 Å². The molecule has 100 valence electrons. The summed E-state index contributed by atoms with van der Waals surface area (Å²) in [4.78, 5) is 0. The van der Waals surface area contributed by atoms with E-state index in [0.717, 1.165) is 28.4 Å². The van der Waals surface area contributed by atoms with Crippen LogP contribution in [0.25, 0.3) is 11.1 Å². The number of nitrogens with one attached hydrogen (secondary N) is 1. The van der Waals surface area contributed by atoms with Gasteiger partial charge in [0.05, 0.1) is 7.11 Å². The highest BCUT2D eigenvalue weighted by atomic mass is 35.5. The third-order valence-corrected chi connectivity index (χ3v) is 3.37. The van der Waals surface area contributed by atoms with Crippen LogP contribution >= 0.6 is 11.6 Å². The first-order valence-corrected chi connectivity index (χ1v) is 6.61. The fraction of sp³-hybridized carbons (Fsp3) is 0.250. The zero-order valence-corrected chi connectivity index (χ0v) is 12.2. The van der Waals surface area contributed by atoms with Crippen molar-refractivity contribution in [2.24, 2.45) is 0 Å². The Morgan fingerprint density at radius 2 is 1.89 bits per heavy atom. The lowest BCUT2D eigenvalue weighted by atomic mass is 10.0. The summed E-state index contributed by atoms with van der Waals surface area (Å²) in [5.41, 5.74) is 4.39. The van der Waals surface area contributed by atoms with E-state index in [1.165, 1.54) is 11.1 Å². The van der Waals surface area contributed by atoms with Crippen molar-refractivity contribution < 1.29 is 4.74 Å². The molecule has 0 bridgehead atoms. The highest BCUT2D eigenvalue weighted by Crippen LogP contribution is 2.35. The molecule has 1 N–H and O–H groups in total. The van der Waals surface area contributed by atoms with Gasteiger partial charge in [-0.2, -0.15) is 0 Å². The van der Waals surface area contributed by atoms with Crippen LogP contribution in [-0.2, 0) is 6.54 Å². The highest BCUT2D eigenvalue weighted by Gasteiger charge is 2.10. The van der Waals surface area contributed by atoms with Crippen molar-refractivity contribution in [1.82, 2.24) is 5.32 Å². The van der Waals surface area contributed by atoms with Gasteiger partial charge >= 0.3 is 0 Å². The normalized spacial score (nSPS) is 10.5. The predicted molar refractivity (Wildman–Crippen MR) is 80.9 cm³/mol. The number of halogens is 1. The molecule has 3 heteroatoms. The lowest BCUT2D eigenvalue weighted by Gasteiger charge is -2.12. The topological polar surface area (TPSA) is 21.3 Å². The number of hydrogen-bond acceptors (Lipinski definition) is 2. The van der Waals surface area contributed by atoms with Gasteiger partial charge in [0.15, 0.2) is 0 Å². The van der Waals surface area contributed by atoms with Crippen LogP contribution in [0.15, 0.2) is 36.4 Å². The van der Waals surface area contributed by atoms with Crippen LogP contribution in [-0.4, -0.2) is 14.2 Å². The average Bonchev–Trinajstić information content (AvgIpc) is 2.39. The van der Waals surface area contributed by atoms with Gasteiger partial charge in [-0.05, 0) is 37.7 Å². The van der Waals surface area contributed by atoms with Crippen LogP contribution < -0.4 is 10.1 Å². The molecule has 2 aromatic carbocycles. The maximum absolute atomic E-state index is 6.40. The molecule has 0 fully saturated rings. The van der Waals surface area contributed by atoms with E-state index in [2.05, 4.69) is 24.4 Å². The second kappa shape index (κ2) is 6.09. The summed E-state index contributed by atoms with van der Waals surface area (Å²) in [6, 6.07) is 12.2. The van der Waals surface area contributed by atoms with Gasteiger partial charge in [0, 0.05) is 22.7 Å². The molecule has 2 nitrogen and oxygen atoms in total. The molecule has 0 saturated heterocycles. The second-order valence-corrected chi connectivity index (χ2v) is 4.96. The quantitative estimate of drug-likeness (QED) is 0.909. The Bertz CT molecular complexity index is 581. The van der Waals surface area contributed by atoms with Crippen molar-refractivity contribution in [3.63, 3.8) is 0 Å². The van der Waals surface area contributed by atoms with Gasteiger partial charge in [0.2, 0.25) is 0 Å². The Labute approximate surface area is 119 Å². The molecular weight excluding hydrogens is 258 g/mol. The number of benzene rings is 2. The maximum Gasteiger partial charge on any atom is 0.126 e. The number of ether oxygens (including phenoxy) is 1. The lowest BCUT2D eigenvalue weighted by Crippen LogP contribution is -2.04. The predicted octanol–water partition coefficient (Wildman–Crippen LogP) is 4.04. The van der Waals surface area contributed by atoms with Gasteiger partial charge in [-0.25, -0.2) is 0 Å². The molecule has 0 aromatic heterocycles. The van der Waals surface area contributed by atoms with Gasteiger partial charge in [-0.3, -0.25) is 0 Å². The molecule has 0 radical (unpaired) electrons. The highest BCUT2D eigenvalue weighted by molar-refractivity contribution is 6.33. The third-order valence-electron chi connectivity index (χ3n) is 3.06. The molecular formula is C16H18ClNO. The Balaban J connectivity index is 2.49. The van der Waals surface area contributed by atoms with Gasteiger partial charge in [0.1, 0.15) is 5.75 Å². The Morgan fingerprint density at radius 1 is 1.11 bits per heavy atom. The van der Waals surface area contributed by atoms with Crippen molar-refractivity contribution in [2.75, 3.05) is 14.2 Å². The van der Waals surface area contributed by atoms with E-state index in [9.17, 15) is 0 Å². The number of rotatable bonds is 4. The first kappa shape index (κ1) is 13.9. The zero-order chi connectivity index (χ0) is 13.8. The van der Waals surface area contributed by atoms with Crippen molar-refractivity contribution >= 4 is 11.6 Å². The smallest absolute Gasteiger partial charge is 0.126 e. The Morgan fingerprint density at radius 3 is 2.53 bits per heavy atom. The van der Waals surface area contributed by atoms with E-state index in [4.69, 9.17) is 16.3 Å². The summed E-state index contributed by atoms with van der Waals surface area (Å²) < 4.78 is 5.42. The van der Waals surface area contributed by atoms with Crippen molar-refractivity contribution in [3.8, 4) is 16.9 Å².